The molecule has 0 N–H and O–H groups in total. The first kappa shape index (κ1) is 10.5. The van der Waals surface area contributed by atoms with Gasteiger partial charge in [0, 0.05) is 18.4 Å². The van der Waals surface area contributed by atoms with Crippen LogP contribution in [0.5, 0.6) is 0 Å². The lowest BCUT2D eigenvalue weighted by atomic mass is 10.1. The molecule has 0 spiro atoms. The molecule has 0 aliphatic rings. The topological polar surface area (TPSA) is 26.3 Å². The Bertz CT molecular complexity index is 152. The van der Waals surface area contributed by atoms with E-state index in [-0.39, 0.29) is 0 Å². The highest BCUT2D eigenvalue weighted by Crippen LogP contribution is 2.15. The van der Waals surface area contributed by atoms with Gasteiger partial charge in [0.1, 0.15) is 5.60 Å². The van der Waals surface area contributed by atoms with Crippen LogP contribution in [0.3, 0.4) is 0 Å². The second-order valence-corrected chi connectivity index (χ2v) is 3.20. The van der Waals surface area contributed by atoms with Crippen LogP contribution in [0.15, 0.2) is 12.7 Å². The molecule has 0 fully saturated rings. The summed E-state index contributed by atoms with van der Waals surface area (Å²) in [7, 11) is 0. The van der Waals surface area contributed by atoms with E-state index in [2.05, 4.69) is 6.58 Å². The molecule has 0 saturated carbocycles. The summed E-state index contributed by atoms with van der Waals surface area (Å²) in [4.78, 5) is 10.7. The fraction of sp³-hybridized carbons (Fsp3) is 0.625. The van der Waals surface area contributed by atoms with E-state index in [4.69, 9.17) is 16.3 Å². The highest BCUT2D eigenvalue weighted by Gasteiger charge is 2.20. The molecule has 0 atom stereocenters. The van der Waals surface area contributed by atoms with Gasteiger partial charge in [-0.3, -0.25) is 0 Å². The van der Waals surface area contributed by atoms with Crippen molar-refractivity contribution in [3.63, 3.8) is 0 Å². The second-order valence-electron chi connectivity index (χ2n) is 2.82. The molecule has 0 unspecified atom stereocenters. The van der Waals surface area contributed by atoms with Crippen molar-refractivity contribution in [3.05, 3.63) is 12.7 Å². The van der Waals surface area contributed by atoms with Crippen molar-refractivity contribution in [1.29, 1.82) is 0 Å². The second kappa shape index (κ2) is 4.39. The molecule has 0 rings (SSSR count). The SMILES string of the molecule is C=CC(=O)OC(C)(C)CCCl. The quantitative estimate of drug-likeness (QED) is 0.373. The van der Waals surface area contributed by atoms with Crippen molar-refractivity contribution < 1.29 is 9.53 Å². The van der Waals surface area contributed by atoms with E-state index in [9.17, 15) is 4.79 Å². The van der Waals surface area contributed by atoms with E-state index in [1.165, 1.54) is 0 Å². The van der Waals surface area contributed by atoms with Crippen molar-refractivity contribution >= 4 is 17.6 Å². The number of rotatable bonds is 4. The first-order valence-electron chi connectivity index (χ1n) is 3.43. The van der Waals surface area contributed by atoms with Crippen molar-refractivity contribution in [3.8, 4) is 0 Å². The number of ether oxygens (including phenoxy) is 1. The van der Waals surface area contributed by atoms with E-state index >= 15 is 0 Å². The summed E-state index contributed by atoms with van der Waals surface area (Å²) in [5.74, 6) is 0.0809. The number of carbonyl (C=O) groups is 1. The van der Waals surface area contributed by atoms with Crippen LogP contribution in [0, 0.1) is 0 Å². The fourth-order valence-electron chi connectivity index (χ4n) is 0.593. The Morgan fingerprint density at radius 2 is 2.27 bits per heavy atom. The van der Waals surface area contributed by atoms with E-state index < -0.39 is 11.6 Å². The molecule has 3 heteroatoms. The van der Waals surface area contributed by atoms with Gasteiger partial charge in [-0.05, 0) is 13.8 Å². The third-order valence-corrected chi connectivity index (χ3v) is 1.43. The average molecular weight is 177 g/mol. The highest BCUT2D eigenvalue weighted by atomic mass is 35.5. The molecular weight excluding hydrogens is 164 g/mol. The molecule has 2 nitrogen and oxygen atoms in total. The molecule has 0 aliphatic carbocycles. The smallest absolute Gasteiger partial charge is 0.330 e. The molecule has 0 saturated heterocycles. The normalized spacial score (nSPS) is 10.8. The highest BCUT2D eigenvalue weighted by molar-refractivity contribution is 6.17. The Labute approximate surface area is 72.2 Å². The average Bonchev–Trinajstić information content (AvgIpc) is 1.86. The number of halogens is 1. The number of hydrogen-bond donors (Lipinski definition) is 0. The summed E-state index contributed by atoms with van der Waals surface area (Å²) in [6.45, 7) is 6.93. The maximum Gasteiger partial charge on any atom is 0.330 e. The van der Waals surface area contributed by atoms with Gasteiger partial charge in [-0.2, -0.15) is 0 Å². The predicted molar refractivity (Wildman–Crippen MR) is 45.7 cm³/mol. The van der Waals surface area contributed by atoms with Crippen LogP contribution >= 0.6 is 11.6 Å². The monoisotopic (exact) mass is 176 g/mol. The minimum Gasteiger partial charge on any atom is -0.456 e. The summed E-state index contributed by atoms with van der Waals surface area (Å²) in [5, 5.41) is 0. The molecule has 64 valence electrons. The molecular formula is C8H13ClO2. The van der Waals surface area contributed by atoms with Gasteiger partial charge in [0.25, 0.3) is 0 Å². The molecule has 0 aromatic carbocycles. The van der Waals surface area contributed by atoms with Gasteiger partial charge in [-0.1, -0.05) is 6.58 Å². The maximum atomic E-state index is 10.7. The van der Waals surface area contributed by atoms with Crippen LogP contribution in [-0.4, -0.2) is 17.5 Å². The van der Waals surface area contributed by atoms with E-state index in [1.807, 2.05) is 13.8 Å². The van der Waals surface area contributed by atoms with Crippen molar-refractivity contribution in [2.45, 2.75) is 25.9 Å². The summed E-state index contributed by atoms with van der Waals surface area (Å²) in [5.41, 5.74) is -0.479. The Morgan fingerprint density at radius 1 is 1.73 bits per heavy atom. The van der Waals surface area contributed by atoms with Crippen LogP contribution < -0.4 is 0 Å². The zero-order valence-corrected chi connectivity index (χ0v) is 7.65. The third kappa shape index (κ3) is 4.85. The molecule has 0 amide bonds. The number of hydrogen-bond acceptors (Lipinski definition) is 2. The van der Waals surface area contributed by atoms with Gasteiger partial charge in [-0.25, -0.2) is 4.79 Å². The first-order valence-corrected chi connectivity index (χ1v) is 3.96. The minimum atomic E-state index is -0.479. The zero-order valence-electron chi connectivity index (χ0n) is 6.89. The van der Waals surface area contributed by atoms with Crippen LogP contribution in [-0.2, 0) is 9.53 Å². The standard InChI is InChI=1S/C8H13ClO2/c1-4-7(10)11-8(2,3)5-6-9/h4H,1,5-6H2,2-3H3. The molecule has 11 heavy (non-hydrogen) atoms. The van der Waals surface area contributed by atoms with E-state index in [0.717, 1.165) is 6.08 Å². The summed E-state index contributed by atoms with van der Waals surface area (Å²) in [6, 6.07) is 0. The van der Waals surface area contributed by atoms with Gasteiger partial charge in [0.2, 0.25) is 0 Å². The van der Waals surface area contributed by atoms with Crippen LogP contribution in [0.1, 0.15) is 20.3 Å². The van der Waals surface area contributed by atoms with Crippen LogP contribution in [0.4, 0.5) is 0 Å². The molecule has 0 heterocycles. The van der Waals surface area contributed by atoms with Gasteiger partial charge < -0.3 is 4.74 Å². The molecule has 0 bridgehead atoms. The van der Waals surface area contributed by atoms with E-state index in [1.54, 1.807) is 0 Å². The van der Waals surface area contributed by atoms with Crippen LogP contribution in [0.25, 0.3) is 0 Å². The molecule has 0 aromatic rings. The lowest BCUT2D eigenvalue weighted by molar-refractivity contribution is -0.150. The van der Waals surface area contributed by atoms with Crippen molar-refractivity contribution in [2.75, 3.05) is 5.88 Å². The minimum absolute atomic E-state index is 0.403. The number of alkyl halides is 1. The van der Waals surface area contributed by atoms with Gasteiger partial charge >= 0.3 is 5.97 Å². The maximum absolute atomic E-state index is 10.7. The lowest BCUT2D eigenvalue weighted by Gasteiger charge is -2.22. The predicted octanol–water partition coefficient (Wildman–Crippen LogP) is 2.12. The van der Waals surface area contributed by atoms with Crippen molar-refractivity contribution in [2.24, 2.45) is 0 Å². The van der Waals surface area contributed by atoms with Gasteiger partial charge in [0.15, 0.2) is 0 Å². The van der Waals surface area contributed by atoms with Gasteiger partial charge in [-0.15, -0.1) is 11.6 Å². The molecule has 0 aromatic heterocycles. The summed E-state index contributed by atoms with van der Waals surface area (Å²) < 4.78 is 4.99. The Kier molecular flexibility index (Phi) is 4.19. The molecule has 0 aliphatic heterocycles. The number of carbonyl (C=O) groups excluding carboxylic acids is 1. The van der Waals surface area contributed by atoms with Crippen LogP contribution in [0.2, 0.25) is 0 Å². The zero-order chi connectivity index (χ0) is 8.91. The summed E-state index contributed by atoms with van der Waals surface area (Å²) >= 11 is 5.50. The van der Waals surface area contributed by atoms with E-state index in [0.29, 0.717) is 12.3 Å². The Hall–Kier alpha value is -0.500. The van der Waals surface area contributed by atoms with Crippen molar-refractivity contribution in [1.82, 2.24) is 0 Å². The van der Waals surface area contributed by atoms with Gasteiger partial charge in [0.05, 0.1) is 0 Å². The largest absolute Gasteiger partial charge is 0.456 e. The fourth-order valence-corrected chi connectivity index (χ4v) is 1.05. The lowest BCUT2D eigenvalue weighted by Crippen LogP contribution is -2.27. The third-order valence-electron chi connectivity index (χ3n) is 1.24. The Balaban J connectivity index is 3.89. The molecule has 0 radical (unpaired) electrons. The summed E-state index contributed by atoms with van der Waals surface area (Å²) in [6.07, 6.45) is 1.80. The first-order chi connectivity index (χ1) is 5.02. The Morgan fingerprint density at radius 3 is 2.64 bits per heavy atom. The number of esters is 1.